The molecule has 4 rings (SSSR count). The van der Waals surface area contributed by atoms with Crippen LogP contribution in [0.3, 0.4) is 0 Å². The number of hydrogen-bond donors (Lipinski definition) is 4. The Morgan fingerprint density at radius 2 is 1.49 bits per heavy atom. The topological polar surface area (TPSA) is 124 Å². The highest BCUT2D eigenvalue weighted by atomic mass is 35.5. The second-order valence-electron chi connectivity index (χ2n) is 9.57. The van der Waals surface area contributed by atoms with Crippen LogP contribution in [0.15, 0.2) is 82.6 Å². The summed E-state index contributed by atoms with van der Waals surface area (Å²) >= 11 is 6.27. The summed E-state index contributed by atoms with van der Waals surface area (Å²) < 4.78 is 26.3. The minimum Gasteiger partial charge on any atom is -0.504 e. The number of aryl methyl sites for hydroxylation is 1. The number of amides is 1. The second kappa shape index (κ2) is 11.0. The highest BCUT2D eigenvalue weighted by Crippen LogP contribution is 2.42. The molecule has 0 heterocycles. The van der Waals surface area contributed by atoms with Gasteiger partial charge in [0.25, 0.3) is 5.91 Å². The number of halogens is 1. The first-order valence-corrected chi connectivity index (χ1v) is 14.0. The van der Waals surface area contributed by atoms with E-state index in [9.17, 15) is 28.5 Å². The molecule has 0 aromatic heterocycles. The Labute approximate surface area is 232 Å². The van der Waals surface area contributed by atoms with Crippen molar-refractivity contribution in [3.8, 4) is 17.2 Å². The summed E-state index contributed by atoms with van der Waals surface area (Å²) in [5.74, 6) is -2.84. The molecule has 7 nitrogen and oxygen atoms in total. The first-order chi connectivity index (χ1) is 18.4. The summed E-state index contributed by atoms with van der Waals surface area (Å²) in [6, 6.07) is 19.2. The van der Waals surface area contributed by atoms with Crippen LogP contribution in [-0.4, -0.2) is 29.6 Å². The SMILES string of the molecule is Cc1ccc(S(=O)(=O)c2ccc(Cl)c(NC(=O)c3cc(Cc4ccccc4C(C)C)c(O)c(O)c3O)c2)cc1. The number of benzene rings is 4. The van der Waals surface area contributed by atoms with Crippen LogP contribution < -0.4 is 5.32 Å². The van der Waals surface area contributed by atoms with Gasteiger partial charge in [-0.05, 0) is 60.4 Å². The number of anilines is 1. The van der Waals surface area contributed by atoms with Crippen molar-refractivity contribution >= 4 is 33.0 Å². The van der Waals surface area contributed by atoms with Gasteiger partial charge in [0.1, 0.15) is 0 Å². The Balaban J connectivity index is 1.69. The molecule has 0 aliphatic carbocycles. The van der Waals surface area contributed by atoms with Crippen LogP contribution in [0.25, 0.3) is 0 Å². The molecule has 0 radical (unpaired) electrons. The molecule has 39 heavy (non-hydrogen) atoms. The predicted molar refractivity (Wildman–Crippen MR) is 151 cm³/mol. The molecule has 0 aliphatic heterocycles. The van der Waals surface area contributed by atoms with Crippen LogP contribution in [-0.2, 0) is 16.3 Å². The molecule has 0 atom stereocenters. The summed E-state index contributed by atoms with van der Waals surface area (Å²) in [5.41, 5.74) is 2.73. The summed E-state index contributed by atoms with van der Waals surface area (Å²) in [5, 5.41) is 34.0. The Kier molecular flexibility index (Phi) is 7.90. The maximum absolute atomic E-state index is 13.2. The lowest BCUT2D eigenvalue weighted by Crippen LogP contribution is -2.14. The molecule has 4 aromatic rings. The number of aromatic hydroxyl groups is 3. The van der Waals surface area contributed by atoms with Gasteiger partial charge < -0.3 is 20.6 Å². The zero-order valence-corrected chi connectivity index (χ0v) is 23.1. The fourth-order valence-electron chi connectivity index (χ4n) is 4.28. The lowest BCUT2D eigenvalue weighted by Gasteiger charge is -2.16. The number of carbonyl (C=O) groups excluding carboxylic acids is 1. The van der Waals surface area contributed by atoms with E-state index in [2.05, 4.69) is 5.32 Å². The van der Waals surface area contributed by atoms with Gasteiger partial charge in [-0.1, -0.05) is 67.4 Å². The molecule has 0 fully saturated rings. The van der Waals surface area contributed by atoms with Gasteiger partial charge in [-0.2, -0.15) is 0 Å². The van der Waals surface area contributed by atoms with Crippen molar-refractivity contribution in [2.45, 2.75) is 42.9 Å². The summed E-state index contributed by atoms with van der Waals surface area (Å²) in [6.07, 6.45) is 0.194. The Morgan fingerprint density at radius 3 is 2.15 bits per heavy atom. The molecule has 0 bridgehead atoms. The molecule has 1 amide bonds. The molecule has 4 aromatic carbocycles. The van der Waals surface area contributed by atoms with Gasteiger partial charge in [-0.3, -0.25) is 4.79 Å². The lowest BCUT2D eigenvalue weighted by atomic mass is 9.92. The van der Waals surface area contributed by atoms with E-state index < -0.39 is 33.0 Å². The first-order valence-electron chi connectivity index (χ1n) is 12.2. The van der Waals surface area contributed by atoms with Gasteiger partial charge in [0.15, 0.2) is 11.5 Å². The molecule has 9 heteroatoms. The van der Waals surface area contributed by atoms with Crippen molar-refractivity contribution in [3.63, 3.8) is 0 Å². The molecule has 4 N–H and O–H groups in total. The van der Waals surface area contributed by atoms with E-state index >= 15 is 0 Å². The average molecular weight is 566 g/mol. The maximum atomic E-state index is 13.2. The number of sulfone groups is 1. The number of phenolic OH excluding ortho intramolecular Hbond substituents is 3. The summed E-state index contributed by atoms with van der Waals surface area (Å²) in [7, 11) is -3.90. The van der Waals surface area contributed by atoms with E-state index in [1.54, 1.807) is 12.1 Å². The maximum Gasteiger partial charge on any atom is 0.259 e. The van der Waals surface area contributed by atoms with Crippen molar-refractivity contribution in [3.05, 3.63) is 106 Å². The first kappa shape index (κ1) is 28.0. The molecule has 0 unspecified atom stereocenters. The third kappa shape index (κ3) is 5.72. The van der Waals surface area contributed by atoms with Gasteiger partial charge >= 0.3 is 0 Å². The third-order valence-corrected chi connectivity index (χ3v) is 8.55. The van der Waals surface area contributed by atoms with Crippen LogP contribution in [0.5, 0.6) is 17.2 Å². The zero-order valence-electron chi connectivity index (χ0n) is 21.6. The van der Waals surface area contributed by atoms with Crippen molar-refractivity contribution in [1.82, 2.24) is 0 Å². The Bertz CT molecular complexity index is 1660. The van der Waals surface area contributed by atoms with Crippen molar-refractivity contribution < 1.29 is 28.5 Å². The fourth-order valence-corrected chi connectivity index (χ4v) is 5.74. The second-order valence-corrected chi connectivity index (χ2v) is 11.9. The quantitative estimate of drug-likeness (QED) is 0.188. The summed E-state index contributed by atoms with van der Waals surface area (Å²) in [6.45, 7) is 5.91. The van der Waals surface area contributed by atoms with E-state index in [-0.39, 0.29) is 44.0 Å². The number of nitrogens with one attached hydrogen (secondary N) is 1. The predicted octanol–water partition coefficient (Wildman–Crippen LogP) is 6.56. The van der Waals surface area contributed by atoms with E-state index in [0.29, 0.717) is 0 Å². The highest BCUT2D eigenvalue weighted by molar-refractivity contribution is 7.91. The smallest absolute Gasteiger partial charge is 0.259 e. The average Bonchev–Trinajstić information content (AvgIpc) is 2.90. The summed E-state index contributed by atoms with van der Waals surface area (Å²) in [4.78, 5) is 13.2. The minimum absolute atomic E-state index is 0.00600. The van der Waals surface area contributed by atoms with Gasteiger partial charge in [-0.25, -0.2) is 8.42 Å². The van der Waals surface area contributed by atoms with Crippen LogP contribution in [0.1, 0.15) is 52.4 Å². The number of rotatable bonds is 7. The molecule has 0 saturated heterocycles. The molecular weight excluding hydrogens is 538 g/mol. The number of hydrogen-bond acceptors (Lipinski definition) is 6. The van der Waals surface area contributed by atoms with Crippen molar-refractivity contribution in [2.24, 2.45) is 0 Å². The molecule has 0 saturated carbocycles. The Morgan fingerprint density at radius 1 is 0.846 bits per heavy atom. The molecule has 0 spiro atoms. The van der Waals surface area contributed by atoms with Crippen LogP contribution in [0.2, 0.25) is 5.02 Å². The Hall–Kier alpha value is -4.01. The highest BCUT2D eigenvalue weighted by Gasteiger charge is 2.24. The van der Waals surface area contributed by atoms with E-state index in [1.165, 1.54) is 36.4 Å². The van der Waals surface area contributed by atoms with E-state index in [4.69, 9.17) is 11.6 Å². The molecular formula is C30H28ClNO6S. The van der Waals surface area contributed by atoms with Gasteiger partial charge in [0.2, 0.25) is 15.6 Å². The standard InChI is InChI=1S/C30H28ClNO6S/c1-17(2)23-7-5-4-6-19(23)14-20-15-24(28(34)29(35)27(20)33)30(36)32-26-16-22(12-13-25(26)31)39(37,38)21-10-8-18(3)9-11-21/h4-13,15-17,33-35H,14H2,1-3H3,(H,32,36). The molecule has 0 aliphatic rings. The van der Waals surface area contributed by atoms with Crippen molar-refractivity contribution in [2.75, 3.05) is 5.32 Å². The van der Waals surface area contributed by atoms with Crippen LogP contribution in [0, 0.1) is 6.92 Å². The fraction of sp³-hybridized carbons (Fsp3) is 0.167. The lowest BCUT2D eigenvalue weighted by molar-refractivity contribution is 0.102. The van der Waals surface area contributed by atoms with Crippen molar-refractivity contribution in [1.29, 1.82) is 0 Å². The number of carbonyl (C=O) groups is 1. The zero-order chi connectivity index (χ0) is 28.5. The van der Waals surface area contributed by atoms with E-state index in [1.807, 2.05) is 45.0 Å². The van der Waals surface area contributed by atoms with Gasteiger partial charge in [0, 0.05) is 12.0 Å². The monoisotopic (exact) mass is 565 g/mol. The largest absolute Gasteiger partial charge is 0.504 e. The van der Waals surface area contributed by atoms with Gasteiger partial charge in [0.05, 0.1) is 26.1 Å². The van der Waals surface area contributed by atoms with E-state index in [0.717, 1.165) is 16.7 Å². The third-order valence-electron chi connectivity index (χ3n) is 6.46. The van der Waals surface area contributed by atoms with Crippen LogP contribution in [0.4, 0.5) is 5.69 Å². The molecule has 202 valence electrons. The van der Waals surface area contributed by atoms with Crippen LogP contribution >= 0.6 is 11.6 Å². The van der Waals surface area contributed by atoms with Gasteiger partial charge in [-0.15, -0.1) is 0 Å². The normalized spacial score (nSPS) is 11.5. The number of phenols is 3. The minimum atomic E-state index is -3.90.